The van der Waals surface area contributed by atoms with Crippen LogP contribution in [-0.4, -0.2) is 16.5 Å². The molecule has 0 bridgehead atoms. The van der Waals surface area contributed by atoms with Gasteiger partial charge in [-0.1, -0.05) is 11.6 Å². The molecule has 0 aromatic carbocycles. The van der Waals surface area contributed by atoms with Crippen molar-refractivity contribution in [2.45, 2.75) is 18.2 Å². The molecule has 0 aliphatic heterocycles. The van der Waals surface area contributed by atoms with E-state index in [0.29, 0.717) is 11.6 Å². The minimum atomic E-state index is 0.215. The summed E-state index contributed by atoms with van der Waals surface area (Å²) in [5.74, 6) is 1.02. The van der Waals surface area contributed by atoms with Gasteiger partial charge >= 0.3 is 0 Å². The van der Waals surface area contributed by atoms with Gasteiger partial charge < -0.3 is 0 Å². The van der Waals surface area contributed by atoms with Gasteiger partial charge in [-0.05, 0) is 19.1 Å². The summed E-state index contributed by atoms with van der Waals surface area (Å²) in [7, 11) is 0. The van der Waals surface area contributed by atoms with E-state index < -0.39 is 0 Å². The molecule has 2 nitrogen and oxygen atoms in total. The first-order chi connectivity index (χ1) is 6.18. The number of halogens is 1. The lowest BCUT2D eigenvalue weighted by molar-refractivity contribution is -0.116. The Bertz CT molecular complexity index is 303. The van der Waals surface area contributed by atoms with Crippen molar-refractivity contribution in [1.82, 2.24) is 4.98 Å². The van der Waals surface area contributed by atoms with Crippen LogP contribution in [0.5, 0.6) is 0 Å². The van der Waals surface area contributed by atoms with E-state index in [0.717, 1.165) is 10.6 Å². The van der Waals surface area contributed by atoms with E-state index >= 15 is 0 Å². The van der Waals surface area contributed by atoms with E-state index in [1.54, 1.807) is 30.9 Å². The second kappa shape index (κ2) is 5.25. The zero-order valence-electron chi connectivity index (χ0n) is 7.29. The van der Waals surface area contributed by atoms with Crippen LogP contribution in [0, 0.1) is 0 Å². The van der Waals surface area contributed by atoms with E-state index in [9.17, 15) is 4.79 Å². The molecule has 0 aliphatic carbocycles. The highest BCUT2D eigenvalue weighted by atomic mass is 35.5. The first kappa shape index (κ1) is 10.5. The molecule has 0 fully saturated rings. The summed E-state index contributed by atoms with van der Waals surface area (Å²) in [4.78, 5) is 15.6. The normalized spacial score (nSPS) is 10.0. The summed E-state index contributed by atoms with van der Waals surface area (Å²) in [6, 6.07) is 3.68. The Labute approximate surface area is 86.7 Å². The molecule has 0 unspecified atom stereocenters. The zero-order chi connectivity index (χ0) is 9.68. The average Bonchev–Trinajstić information content (AvgIpc) is 2.03. The van der Waals surface area contributed by atoms with Gasteiger partial charge in [0.25, 0.3) is 0 Å². The summed E-state index contributed by atoms with van der Waals surface area (Å²) in [5.41, 5.74) is 0. The summed E-state index contributed by atoms with van der Waals surface area (Å²) in [6.45, 7) is 1.60. The Hall–Kier alpha value is -0.540. The summed E-state index contributed by atoms with van der Waals surface area (Å²) >= 11 is 7.31. The van der Waals surface area contributed by atoms with Crippen molar-refractivity contribution in [2.24, 2.45) is 0 Å². The van der Waals surface area contributed by atoms with Crippen LogP contribution in [0.2, 0.25) is 5.15 Å². The standard InChI is InChI=1S/C9H10ClNOS/c1-7(12)3-5-13-8-2-4-11-9(10)6-8/h2,4,6H,3,5H2,1H3. The van der Waals surface area contributed by atoms with E-state index in [-0.39, 0.29) is 5.78 Å². The molecule has 0 saturated heterocycles. The number of hydrogen-bond acceptors (Lipinski definition) is 3. The number of rotatable bonds is 4. The van der Waals surface area contributed by atoms with E-state index in [1.165, 1.54) is 0 Å². The van der Waals surface area contributed by atoms with Crippen LogP contribution < -0.4 is 0 Å². The van der Waals surface area contributed by atoms with Crippen LogP contribution in [-0.2, 0) is 4.79 Å². The Morgan fingerprint density at radius 2 is 2.46 bits per heavy atom. The predicted molar refractivity (Wildman–Crippen MR) is 55.3 cm³/mol. The van der Waals surface area contributed by atoms with Crippen molar-refractivity contribution in [3.63, 3.8) is 0 Å². The molecule has 1 aromatic heterocycles. The number of nitrogens with zero attached hydrogens (tertiary/aromatic N) is 1. The molecule has 1 aromatic rings. The molecule has 0 saturated carbocycles. The Morgan fingerprint density at radius 3 is 3.08 bits per heavy atom. The maximum absolute atomic E-state index is 10.6. The van der Waals surface area contributed by atoms with Crippen LogP contribution in [0.25, 0.3) is 0 Å². The summed E-state index contributed by atoms with van der Waals surface area (Å²) in [6.07, 6.45) is 2.27. The molecule has 13 heavy (non-hydrogen) atoms. The molecular weight excluding hydrogens is 206 g/mol. The molecule has 0 N–H and O–H groups in total. The van der Waals surface area contributed by atoms with Gasteiger partial charge in [0, 0.05) is 23.3 Å². The number of Topliss-reactive ketones (excluding diaryl/α,β-unsaturated/α-hetero) is 1. The third kappa shape index (κ3) is 4.29. The number of carbonyl (C=O) groups excluding carboxylic acids is 1. The highest BCUT2D eigenvalue weighted by Gasteiger charge is 1.97. The fourth-order valence-electron chi connectivity index (χ4n) is 0.787. The number of carbonyl (C=O) groups is 1. The molecule has 0 atom stereocenters. The topological polar surface area (TPSA) is 30.0 Å². The monoisotopic (exact) mass is 215 g/mol. The fraction of sp³-hybridized carbons (Fsp3) is 0.333. The molecule has 0 radical (unpaired) electrons. The van der Waals surface area contributed by atoms with Crippen molar-refractivity contribution in [3.05, 3.63) is 23.5 Å². The van der Waals surface area contributed by atoms with Crippen molar-refractivity contribution in [1.29, 1.82) is 0 Å². The SMILES string of the molecule is CC(=O)CCSc1ccnc(Cl)c1. The minimum absolute atomic E-state index is 0.215. The lowest BCUT2D eigenvalue weighted by Gasteiger charge is -1.99. The quantitative estimate of drug-likeness (QED) is 0.572. The number of aromatic nitrogens is 1. The minimum Gasteiger partial charge on any atom is -0.300 e. The Morgan fingerprint density at radius 1 is 1.69 bits per heavy atom. The van der Waals surface area contributed by atoms with Crippen LogP contribution in [0.15, 0.2) is 23.2 Å². The molecule has 4 heteroatoms. The smallest absolute Gasteiger partial charge is 0.130 e. The lowest BCUT2D eigenvalue weighted by Crippen LogP contribution is -1.91. The van der Waals surface area contributed by atoms with Crippen molar-refractivity contribution >= 4 is 29.1 Å². The first-order valence-electron chi connectivity index (χ1n) is 3.92. The van der Waals surface area contributed by atoms with Gasteiger partial charge in [-0.2, -0.15) is 0 Å². The maximum Gasteiger partial charge on any atom is 0.130 e. The fourth-order valence-corrected chi connectivity index (χ4v) is 2.00. The van der Waals surface area contributed by atoms with Crippen LogP contribution >= 0.6 is 23.4 Å². The molecule has 0 aliphatic rings. The van der Waals surface area contributed by atoms with Crippen molar-refractivity contribution in [3.8, 4) is 0 Å². The number of hydrogen-bond donors (Lipinski definition) is 0. The van der Waals surface area contributed by atoms with Crippen LogP contribution in [0.1, 0.15) is 13.3 Å². The molecule has 0 spiro atoms. The first-order valence-corrected chi connectivity index (χ1v) is 5.28. The van der Waals surface area contributed by atoms with Gasteiger partial charge in [0.05, 0.1) is 0 Å². The van der Waals surface area contributed by atoms with Crippen LogP contribution in [0.4, 0.5) is 0 Å². The summed E-state index contributed by atoms with van der Waals surface area (Å²) < 4.78 is 0. The average molecular weight is 216 g/mol. The zero-order valence-corrected chi connectivity index (χ0v) is 8.86. The molecule has 1 heterocycles. The highest BCUT2D eigenvalue weighted by Crippen LogP contribution is 2.20. The van der Waals surface area contributed by atoms with Gasteiger partial charge in [0.1, 0.15) is 10.9 Å². The predicted octanol–water partition coefficient (Wildman–Crippen LogP) is 2.81. The van der Waals surface area contributed by atoms with Gasteiger partial charge in [-0.15, -0.1) is 11.8 Å². The van der Waals surface area contributed by atoms with Crippen molar-refractivity contribution < 1.29 is 4.79 Å². The molecule has 70 valence electrons. The number of ketones is 1. The molecule has 0 amide bonds. The lowest BCUT2D eigenvalue weighted by atomic mass is 10.4. The van der Waals surface area contributed by atoms with Gasteiger partial charge in [-0.3, -0.25) is 4.79 Å². The molecule has 1 rings (SSSR count). The summed E-state index contributed by atoms with van der Waals surface area (Å²) in [5, 5.41) is 0.493. The van der Waals surface area contributed by atoms with Gasteiger partial charge in [-0.25, -0.2) is 4.98 Å². The van der Waals surface area contributed by atoms with Crippen LogP contribution in [0.3, 0.4) is 0 Å². The van der Waals surface area contributed by atoms with Gasteiger partial charge in [0.2, 0.25) is 0 Å². The van der Waals surface area contributed by atoms with Gasteiger partial charge in [0.15, 0.2) is 0 Å². The number of thioether (sulfide) groups is 1. The molecular formula is C9H10ClNOS. The van der Waals surface area contributed by atoms with E-state index in [1.807, 2.05) is 6.07 Å². The van der Waals surface area contributed by atoms with Crippen molar-refractivity contribution in [2.75, 3.05) is 5.75 Å². The number of pyridine rings is 1. The van der Waals surface area contributed by atoms with E-state index in [2.05, 4.69) is 4.98 Å². The second-order valence-corrected chi connectivity index (χ2v) is 4.17. The third-order valence-corrected chi connectivity index (χ3v) is 2.62. The maximum atomic E-state index is 10.6. The largest absolute Gasteiger partial charge is 0.300 e. The second-order valence-electron chi connectivity index (χ2n) is 2.61. The third-order valence-electron chi connectivity index (χ3n) is 1.42. The Kier molecular flexibility index (Phi) is 4.25. The van der Waals surface area contributed by atoms with E-state index in [4.69, 9.17) is 11.6 Å². The Balaban J connectivity index is 2.41. The highest BCUT2D eigenvalue weighted by molar-refractivity contribution is 7.99.